The van der Waals surface area contributed by atoms with Gasteiger partial charge in [-0.15, -0.1) is 0 Å². The number of unbranched alkanes of at least 4 members (excludes halogenated alkanes) is 13. The molecule has 20 heavy (non-hydrogen) atoms. The Hall–Kier alpha value is -0.0800. The third-order valence-electron chi connectivity index (χ3n) is 4.01. The zero-order chi connectivity index (χ0) is 14.7. The summed E-state index contributed by atoms with van der Waals surface area (Å²) in [6, 6.07) is 0. The van der Waals surface area contributed by atoms with Gasteiger partial charge in [0.2, 0.25) is 0 Å². The molecule has 0 radical (unpaired) electrons. The summed E-state index contributed by atoms with van der Waals surface area (Å²) in [4.78, 5) is 0. The molecule has 0 aromatic carbocycles. The highest BCUT2D eigenvalue weighted by molar-refractivity contribution is 4.50. The highest BCUT2D eigenvalue weighted by Gasteiger charge is 1.94. The molecule has 0 unspecified atom stereocenters. The molecular weight excluding hydrogens is 246 g/mol. The molecule has 122 valence electrons. The van der Waals surface area contributed by atoms with Crippen molar-refractivity contribution in [2.45, 2.75) is 96.8 Å². The minimum atomic E-state index is 0.370. The summed E-state index contributed by atoms with van der Waals surface area (Å²) in [7, 11) is 0. The molecule has 0 bridgehead atoms. The summed E-state index contributed by atoms with van der Waals surface area (Å²) in [6.45, 7) is 4.86. The lowest BCUT2D eigenvalue weighted by Gasteiger charge is -2.03. The second kappa shape index (κ2) is 18.9. The Morgan fingerprint density at radius 3 is 1.25 bits per heavy atom. The number of hydrogen-bond donors (Lipinski definition) is 2. The maximum Gasteiger partial charge on any atom is 0.0431 e. The van der Waals surface area contributed by atoms with Crippen molar-refractivity contribution in [2.24, 2.45) is 0 Å². The lowest BCUT2D eigenvalue weighted by Crippen LogP contribution is -2.13. The van der Waals surface area contributed by atoms with E-state index in [-0.39, 0.29) is 0 Å². The Labute approximate surface area is 127 Å². The highest BCUT2D eigenvalue weighted by Crippen LogP contribution is 2.12. The minimum Gasteiger partial charge on any atom is -0.396 e. The van der Waals surface area contributed by atoms with Crippen molar-refractivity contribution < 1.29 is 5.11 Å². The van der Waals surface area contributed by atoms with E-state index in [1.165, 1.54) is 90.0 Å². The van der Waals surface area contributed by atoms with Crippen molar-refractivity contribution in [3.8, 4) is 0 Å². The fourth-order valence-electron chi connectivity index (χ4n) is 2.66. The molecule has 2 N–H and O–H groups in total. The molecule has 0 atom stereocenters. The Balaban J connectivity index is 2.89. The van der Waals surface area contributed by atoms with E-state index in [1.54, 1.807) is 0 Å². The Kier molecular flexibility index (Phi) is 18.8. The van der Waals surface area contributed by atoms with Crippen LogP contribution < -0.4 is 5.32 Å². The standard InChI is InChI=1S/C18H39NO/c1-2-19-17-15-13-11-9-7-5-3-4-6-8-10-12-14-16-18-20/h19-20H,2-18H2,1H3. The van der Waals surface area contributed by atoms with Crippen LogP contribution in [0.2, 0.25) is 0 Å². The summed E-state index contributed by atoms with van der Waals surface area (Å²) in [5.74, 6) is 0. The first kappa shape index (κ1) is 19.9. The molecule has 0 aliphatic rings. The van der Waals surface area contributed by atoms with Crippen molar-refractivity contribution >= 4 is 0 Å². The maximum absolute atomic E-state index is 8.68. The highest BCUT2D eigenvalue weighted by atomic mass is 16.2. The van der Waals surface area contributed by atoms with E-state index < -0.39 is 0 Å². The predicted molar refractivity (Wildman–Crippen MR) is 90.3 cm³/mol. The van der Waals surface area contributed by atoms with Gasteiger partial charge in [0.15, 0.2) is 0 Å². The molecule has 0 aliphatic heterocycles. The van der Waals surface area contributed by atoms with Gasteiger partial charge in [0, 0.05) is 6.61 Å². The van der Waals surface area contributed by atoms with E-state index >= 15 is 0 Å². The van der Waals surface area contributed by atoms with Gasteiger partial charge in [0.25, 0.3) is 0 Å². The van der Waals surface area contributed by atoms with Crippen LogP contribution in [0.3, 0.4) is 0 Å². The lowest BCUT2D eigenvalue weighted by atomic mass is 10.0. The van der Waals surface area contributed by atoms with Gasteiger partial charge in [-0.25, -0.2) is 0 Å². The molecule has 0 aliphatic carbocycles. The first-order chi connectivity index (χ1) is 9.91. The van der Waals surface area contributed by atoms with Crippen LogP contribution in [0.4, 0.5) is 0 Å². The van der Waals surface area contributed by atoms with Gasteiger partial charge in [-0.1, -0.05) is 84.0 Å². The van der Waals surface area contributed by atoms with E-state index in [0.29, 0.717) is 6.61 Å². The summed E-state index contributed by atoms with van der Waals surface area (Å²) in [5.41, 5.74) is 0. The largest absolute Gasteiger partial charge is 0.396 e. The predicted octanol–water partition coefficient (Wildman–Crippen LogP) is 5.05. The number of hydrogen-bond acceptors (Lipinski definition) is 2. The summed E-state index contributed by atoms with van der Waals surface area (Å²) in [5, 5.41) is 12.1. The SMILES string of the molecule is CCNCCCCCCCCCCCCCCCCO. The fraction of sp³-hybridized carbons (Fsp3) is 1.00. The van der Waals surface area contributed by atoms with Gasteiger partial charge in [0.1, 0.15) is 0 Å². The minimum absolute atomic E-state index is 0.370. The smallest absolute Gasteiger partial charge is 0.0431 e. The third-order valence-corrected chi connectivity index (χ3v) is 4.01. The van der Waals surface area contributed by atoms with Crippen molar-refractivity contribution in [1.29, 1.82) is 0 Å². The van der Waals surface area contributed by atoms with Crippen LogP contribution in [0.5, 0.6) is 0 Å². The van der Waals surface area contributed by atoms with Crippen LogP contribution in [0, 0.1) is 0 Å². The first-order valence-corrected chi connectivity index (χ1v) is 9.23. The molecule has 0 aromatic heterocycles. The molecule has 0 spiro atoms. The average Bonchev–Trinajstić information content (AvgIpc) is 2.47. The number of aliphatic hydroxyl groups excluding tert-OH is 1. The molecule has 2 nitrogen and oxygen atoms in total. The molecule has 0 aromatic rings. The average molecular weight is 286 g/mol. The first-order valence-electron chi connectivity index (χ1n) is 9.23. The van der Waals surface area contributed by atoms with Crippen molar-refractivity contribution in [3.05, 3.63) is 0 Å². The van der Waals surface area contributed by atoms with Gasteiger partial charge in [-0.3, -0.25) is 0 Å². The van der Waals surface area contributed by atoms with Crippen molar-refractivity contribution in [1.82, 2.24) is 5.32 Å². The molecule has 0 saturated carbocycles. The normalized spacial score (nSPS) is 11.1. The second-order valence-corrected chi connectivity index (χ2v) is 6.03. The number of nitrogens with one attached hydrogen (secondary N) is 1. The van der Waals surface area contributed by atoms with E-state index in [2.05, 4.69) is 12.2 Å². The monoisotopic (exact) mass is 285 g/mol. The number of aliphatic hydroxyl groups is 1. The van der Waals surface area contributed by atoms with Crippen LogP contribution in [0.25, 0.3) is 0 Å². The summed E-state index contributed by atoms with van der Waals surface area (Å²) in [6.07, 6.45) is 19.1. The lowest BCUT2D eigenvalue weighted by molar-refractivity contribution is 0.282. The molecule has 0 heterocycles. The zero-order valence-electron chi connectivity index (χ0n) is 14.0. The second-order valence-electron chi connectivity index (χ2n) is 6.03. The molecule has 0 fully saturated rings. The van der Waals surface area contributed by atoms with Gasteiger partial charge >= 0.3 is 0 Å². The zero-order valence-corrected chi connectivity index (χ0v) is 14.0. The van der Waals surface area contributed by atoms with Crippen LogP contribution in [-0.2, 0) is 0 Å². The molecule has 0 saturated heterocycles. The van der Waals surface area contributed by atoms with Crippen LogP contribution in [0.15, 0.2) is 0 Å². The summed E-state index contributed by atoms with van der Waals surface area (Å²) < 4.78 is 0. The Morgan fingerprint density at radius 2 is 0.900 bits per heavy atom. The van der Waals surface area contributed by atoms with Crippen molar-refractivity contribution in [2.75, 3.05) is 19.7 Å². The van der Waals surface area contributed by atoms with E-state index in [9.17, 15) is 0 Å². The molecule has 0 rings (SSSR count). The molecule has 2 heteroatoms. The molecule has 0 amide bonds. The van der Waals surface area contributed by atoms with Crippen LogP contribution in [0.1, 0.15) is 96.8 Å². The van der Waals surface area contributed by atoms with E-state index in [4.69, 9.17) is 5.11 Å². The number of rotatable bonds is 17. The third kappa shape index (κ3) is 17.9. The van der Waals surface area contributed by atoms with Crippen molar-refractivity contribution in [3.63, 3.8) is 0 Å². The van der Waals surface area contributed by atoms with Gasteiger partial charge in [-0.2, -0.15) is 0 Å². The van der Waals surface area contributed by atoms with Gasteiger partial charge < -0.3 is 10.4 Å². The molecular formula is C18H39NO. The fourth-order valence-corrected chi connectivity index (χ4v) is 2.66. The van der Waals surface area contributed by atoms with Gasteiger partial charge in [-0.05, 0) is 25.9 Å². The van der Waals surface area contributed by atoms with E-state index in [0.717, 1.165) is 13.0 Å². The van der Waals surface area contributed by atoms with E-state index in [1.807, 2.05) is 0 Å². The Bertz CT molecular complexity index is 143. The van der Waals surface area contributed by atoms with Gasteiger partial charge in [0.05, 0.1) is 0 Å². The summed E-state index contributed by atoms with van der Waals surface area (Å²) >= 11 is 0. The van der Waals surface area contributed by atoms with Crippen LogP contribution >= 0.6 is 0 Å². The Morgan fingerprint density at radius 1 is 0.550 bits per heavy atom. The topological polar surface area (TPSA) is 32.3 Å². The maximum atomic E-state index is 8.68. The van der Waals surface area contributed by atoms with Crippen LogP contribution in [-0.4, -0.2) is 24.8 Å². The quantitative estimate of drug-likeness (QED) is 0.367.